The summed E-state index contributed by atoms with van der Waals surface area (Å²) in [5.74, 6) is 0.748. The molecule has 0 saturated heterocycles. The van der Waals surface area contributed by atoms with Crippen LogP contribution in [0.1, 0.15) is 19.4 Å². The van der Waals surface area contributed by atoms with E-state index >= 15 is 0 Å². The van der Waals surface area contributed by atoms with E-state index in [1.54, 1.807) is 6.07 Å². The molecule has 1 rings (SSSR count). The highest BCUT2D eigenvalue weighted by Gasteiger charge is 2.13. The van der Waals surface area contributed by atoms with Gasteiger partial charge in [-0.2, -0.15) is 0 Å². The van der Waals surface area contributed by atoms with Crippen molar-refractivity contribution in [2.45, 2.75) is 20.3 Å². The molecule has 0 aliphatic heterocycles. The molecule has 0 aliphatic rings. The minimum atomic E-state index is -0.119. The average Bonchev–Trinajstić information content (AvgIpc) is 2.16. The third-order valence-electron chi connectivity index (χ3n) is 2.69. The van der Waals surface area contributed by atoms with Crippen molar-refractivity contribution >= 4 is 0 Å². The van der Waals surface area contributed by atoms with E-state index in [2.05, 4.69) is 13.8 Å². The number of nitrogens with two attached hydrogens (primary N) is 1. The van der Waals surface area contributed by atoms with E-state index in [-0.39, 0.29) is 5.82 Å². The Bertz CT molecular complexity index is 283. The van der Waals surface area contributed by atoms with Gasteiger partial charge < -0.3 is 5.73 Å². The largest absolute Gasteiger partial charge is 0.330 e. The van der Waals surface area contributed by atoms with Crippen molar-refractivity contribution in [3.63, 3.8) is 0 Å². The first-order valence-electron chi connectivity index (χ1n) is 5.08. The average molecular weight is 195 g/mol. The lowest BCUT2D eigenvalue weighted by Gasteiger charge is -2.18. The van der Waals surface area contributed by atoms with Crippen LogP contribution in [0, 0.1) is 17.7 Å². The normalized spacial score (nSPS) is 13.2. The maximum atomic E-state index is 13.3. The molecule has 1 unspecified atom stereocenters. The Morgan fingerprint density at radius 3 is 2.43 bits per heavy atom. The topological polar surface area (TPSA) is 26.0 Å². The molecule has 0 saturated carbocycles. The lowest BCUT2D eigenvalue weighted by atomic mass is 9.89. The molecule has 1 nitrogen and oxygen atoms in total. The van der Waals surface area contributed by atoms with Crippen molar-refractivity contribution in [1.29, 1.82) is 0 Å². The summed E-state index contributed by atoms with van der Waals surface area (Å²) in [6.45, 7) is 4.86. The lowest BCUT2D eigenvalue weighted by Crippen LogP contribution is -2.22. The van der Waals surface area contributed by atoms with Crippen LogP contribution in [0.2, 0.25) is 0 Å². The second kappa shape index (κ2) is 5.11. The Labute approximate surface area is 85.1 Å². The zero-order valence-electron chi connectivity index (χ0n) is 8.83. The maximum Gasteiger partial charge on any atom is 0.126 e. The van der Waals surface area contributed by atoms with Gasteiger partial charge in [0.05, 0.1) is 0 Å². The monoisotopic (exact) mass is 195 g/mol. The van der Waals surface area contributed by atoms with Gasteiger partial charge >= 0.3 is 0 Å². The van der Waals surface area contributed by atoms with E-state index in [0.717, 1.165) is 12.0 Å². The van der Waals surface area contributed by atoms with Crippen molar-refractivity contribution in [3.05, 3.63) is 35.6 Å². The second-order valence-corrected chi connectivity index (χ2v) is 4.04. The minimum Gasteiger partial charge on any atom is -0.330 e. The van der Waals surface area contributed by atoms with E-state index in [4.69, 9.17) is 5.73 Å². The molecule has 0 fully saturated rings. The molecule has 1 aromatic carbocycles. The fraction of sp³-hybridized carbons (Fsp3) is 0.500. The first-order valence-corrected chi connectivity index (χ1v) is 5.08. The highest BCUT2D eigenvalue weighted by molar-refractivity contribution is 5.17. The third kappa shape index (κ3) is 2.81. The standard InChI is InChI=1S/C12H18FN/c1-9(2)11(8-14)7-10-5-3-4-6-12(10)13/h3-6,9,11H,7-8,14H2,1-2H3. The van der Waals surface area contributed by atoms with Crippen LogP contribution in [0.5, 0.6) is 0 Å². The summed E-state index contributed by atoms with van der Waals surface area (Å²) in [5, 5.41) is 0. The zero-order chi connectivity index (χ0) is 10.6. The van der Waals surface area contributed by atoms with Gasteiger partial charge in [-0.15, -0.1) is 0 Å². The predicted molar refractivity (Wildman–Crippen MR) is 57.5 cm³/mol. The first-order chi connectivity index (χ1) is 6.65. The summed E-state index contributed by atoms with van der Waals surface area (Å²) in [4.78, 5) is 0. The Morgan fingerprint density at radius 2 is 1.93 bits per heavy atom. The molecular formula is C12H18FN. The zero-order valence-corrected chi connectivity index (χ0v) is 8.83. The van der Waals surface area contributed by atoms with Crippen molar-refractivity contribution < 1.29 is 4.39 Å². The highest BCUT2D eigenvalue weighted by Crippen LogP contribution is 2.17. The predicted octanol–water partition coefficient (Wildman–Crippen LogP) is 2.60. The number of hydrogen-bond acceptors (Lipinski definition) is 1. The Kier molecular flexibility index (Phi) is 4.08. The van der Waals surface area contributed by atoms with Gasteiger partial charge in [0.1, 0.15) is 5.82 Å². The summed E-state index contributed by atoms with van der Waals surface area (Å²) in [6.07, 6.45) is 0.737. The quantitative estimate of drug-likeness (QED) is 0.785. The Hall–Kier alpha value is -0.890. The number of rotatable bonds is 4. The molecule has 78 valence electrons. The Balaban J connectivity index is 2.72. The molecule has 0 heterocycles. The molecule has 1 atom stereocenters. The lowest BCUT2D eigenvalue weighted by molar-refractivity contribution is 0.386. The van der Waals surface area contributed by atoms with E-state index in [0.29, 0.717) is 18.4 Å². The van der Waals surface area contributed by atoms with Crippen molar-refractivity contribution in [2.24, 2.45) is 17.6 Å². The molecule has 2 N–H and O–H groups in total. The molecule has 0 amide bonds. The van der Waals surface area contributed by atoms with Crippen LogP contribution in [0.25, 0.3) is 0 Å². The molecule has 1 aromatic rings. The molecule has 0 bridgehead atoms. The molecule has 0 aliphatic carbocycles. The maximum absolute atomic E-state index is 13.3. The highest BCUT2D eigenvalue weighted by atomic mass is 19.1. The van der Waals surface area contributed by atoms with Crippen LogP contribution in [0.15, 0.2) is 24.3 Å². The van der Waals surface area contributed by atoms with Crippen LogP contribution in [-0.2, 0) is 6.42 Å². The van der Waals surface area contributed by atoms with E-state index in [1.807, 2.05) is 12.1 Å². The van der Waals surface area contributed by atoms with Crippen LogP contribution < -0.4 is 5.73 Å². The summed E-state index contributed by atoms with van der Waals surface area (Å²) in [5.41, 5.74) is 6.42. The second-order valence-electron chi connectivity index (χ2n) is 4.04. The van der Waals surface area contributed by atoms with Crippen LogP contribution in [-0.4, -0.2) is 6.54 Å². The first kappa shape index (κ1) is 11.2. The SMILES string of the molecule is CC(C)C(CN)Cc1ccccc1F. The van der Waals surface area contributed by atoms with Crippen molar-refractivity contribution in [3.8, 4) is 0 Å². The number of benzene rings is 1. The number of halogens is 1. The third-order valence-corrected chi connectivity index (χ3v) is 2.69. The van der Waals surface area contributed by atoms with E-state index in [9.17, 15) is 4.39 Å². The molecule has 0 aromatic heterocycles. The molecular weight excluding hydrogens is 177 g/mol. The van der Waals surface area contributed by atoms with Crippen molar-refractivity contribution in [1.82, 2.24) is 0 Å². The van der Waals surface area contributed by atoms with Gasteiger partial charge in [-0.3, -0.25) is 0 Å². The van der Waals surface area contributed by atoms with Gasteiger partial charge in [0.2, 0.25) is 0 Å². The van der Waals surface area contributed by atoms with Crippen LogP contribution in [0.3, 0.4) is 0 Å². The molecule has 2 heteroatoms. The Morgan fingerprint density at radius 1 is 1.29 bits per heavy atom. The van der Waals surface area contributed by atoms with Gasteiger partial charge in [-0.05, 0) is 36.4 Å². The fourth-order valence-corrected chi connectivity index (χ4v) is 1.54. The van der Waals surface area contributed by atoms with E-state index < -0.39 is 0 Å². The number of hydrogen-bond donors (Lipinski definition) is 1. The smallest absolute Gasteiger partial charge is 0.126 e. The molecule has 14 heavy (non-hydrogen) atoms. The van der Waals surface area contributed by atoms with Gasteiger partial charge in [-0.1, -0.05) is 32.0 Å². The van der Waals surface area contributed by atoms with E-state index in [1.165, 1.54) is 6.07 Å². The van der Waals surface area contributed by atoms with Gasteiger partial charge in [0.25, 0.3) is 0 Å². The van der Waals surface area contributed by atoms with Gasteiger partial charge in [0.15, 0.2) is 0 Å². The molecule has 0 radical (unpaired) electrons. The summed E-state index contributed by atoms with van der Waals surface area (Å²) < 4.78 is 13.3. The van der Waals surface area contributed by atoms with Gasteiger partial charge in [-0.25, -0.2) is 4.39 Å². The summed E-state index contributed by atoms with van der Waals surface area (Å²) in [7, 11) is 0. The fourth-order valence-electron chi connectivity index (χ4n) is 1.54. The van der Waals surface area contributed by atoms with Crippen LogP contribution in [0.4, 0.5) is 4.39 Å². The molecule has 0 spiro atoms. The van der Waals surface area contributed by atoms with Crippen molar-refractivity contribution in [2.75, 3.05) is 6.54 Å². The van der Waals surface area contributed by atoms with Gasteiger partial charge in [0, 0.05) is 0 Å². The van der Waals surface area contributed by atoms with Crippen LogP contribution >= 0.6 is 0 Å². The summed E-state index contributed by atoms with van der Waals surface area (Å²) >= 11 is 0. The minimum absolute atomic E-state index is 0.119. The summed E-state index contributed by atoms with van der Waals surface area (Å²) in [6, 6.07) is 6.92.